The molecule has 4 rings (SSSR count). The number of aromatic nitrogens is 2. The quantitative estimate of drug-likeness (QED) is 0.652. The van der Waals surface area contributed by atoms with E-state index in [4.69, 9.17) is 4.74 Å². The predicted octanol–water partition coefficient (Wildman–Crippen LogP) is 4.80. The van der Waals surface area contributed by atoms with E-state index in [0.29, 0.717) is 5.69 Å². The number of benzene rings is 2. The maximum atomic E-state index is 13.1. The molecule has 0 saturated carbocycles. The fourth-order valence-corrected chi connectivity index (χ4v) is 3.90. The molecule has 1 atom stereocenters. The Morgan fingerprint density at radius 3 is 2.37 bits per heavy atom. The minimum Gasteiger partial charge on any atom is -0.497 e. The molecule has 2 heterocycles. The van der Waals surface area contributed by atoms with Gasteiger partial charge in [-0.2, -0.15) is 5.10 Å². The van der Waals surface area contributed by atoms with Crippen LogP contribution in [0.3, 0.4) is 0 Å². The highest BCUT2D eigenvalue weighted by Gasteiger charge is 2.43. The smallest absolute Gasteiger partial charge is 0.273 e. The normalized spacial score (nSPS) is 16.1. The Labute approximate surface area is 166 Å². The van der Waals surface area contributed by atoms with Crippen LogP contribution in [0, 0.1) is 0 Å². The highest BCUT2D eigenvalue weighted by atomic mass is 79.9. The summed E-state index contributed by atoms with van der Waals surface area (Å²) < 4.78 is 6.26. The van der Waals surface area contributed by atoms with Gasteiger partial charge in [-0.1, -0.05) is 28.1 Å². The van der Waals surface area contributed by atoms with Gasteiger partial charge in [-0.15, -0.1) is 0 Å². The molecule has 1 unspecified atom stereocenters. The SMILES string of the molecule is COc1ccc(-c2n[nH]c3c2C(c2ccc(Br)cc2)N(C(C)C)C3=O)cc1. The molecule has 27 heavy (non-hydrogen) atoms. The lowest BCUT2D eigenvalue weighted by molar-refractivity contribution is 0.0688. The summed E-state index contributed by atoms with van der Waals surface area (Å²) in [5.74, 6) is 0.774. The van der Waals surface area contributed by atoms with Crippen LogP contribution < -0.4 is 4.74 Å². The number of hydrogen-bond acceptors (Lipinski definition) is 3. The van der Waals surface area contributed by atoms with Gasteiger partial charge in [0.25, 0.3) is 5.91 Å². The molecule has 0 aliphatic carbocycles. The van der Waals surface area contributed by atoms with Crippen LogP contribution >= 0.6 is 15.9 Å². The zero-order chi connectivity index (χ0) is 19.1. The second kappa shape index (κ2) is 6.85. The van der Waals surface area contributed by atoms with Crippen molar-refractivity contribution in [3.05, 3.63) is 69.8 Å². The van der Waals surface area contributed by atoms with Gasteiger partial charge in [0.05, 0.1) is 18.8 Å². The van der Waals surface area contributed by atoms with E-state index in [2.05, 4.69) is 38.3 Å². The minimum atomic E-state index is -0.170. The van der Waals surface area contributed by atoms with Crippen molar-refractivity contribution in [1.29, 1.82) is 0 Å². The van der Waals surface area contributed by atoms with E-state index in [1.165, 1.54) is 0 Å². The first-order chi connectivity index (χ1) is 13.0. The number of halogens is 1. The number of carbonyl (C=O) groups excluding carboxylic acids is 1. The van der Waals surface area contributed by atoms with Crippen molar-refractivity contribution in [1.82, 2.24) is 15.1 Å². The molecule has 1 amide bonds. The van der Waals surface area contributed by atoms with E-state index in [0.717, 1.165) is 32.6 Å². The van der Waals surface area contributed by atoms with Crippen molar-refractivity contribution in [3.63, 3.8) is 0 Å². The van der Waals surface area contributed by atoms with Crippen LogP contribution in [0.2, 0.25) is 0 Å². The van der Waals surface area contributed by atoms with E-state index in [1.807, 2.05) is 55.1 Å². The number of aromatic amines is 1. The van der Waals surface area contributed by atoms with E-state index in [-0.39, 0.29) is 18.0 Å². The Morgan fingerprint density at radius 1 is 1.11 bits per heavy atom. The number of nitrogens with one attached hydrogen (secondary N) is 1. The largest absolute Gasteiger partial charge is 0.497 e. The van der Waals surface area contributed by atoms with Crippen LogP contribution in [0.4, 0.5) is 0 Å². The molecule has 2 aromatic carbocycles. The lowest BCUT2D eigenvalue weighted by atomic mass is 9.95. The third kappa shape index (κ3) is 2.94. The van der Waals surface area contributed by atoms with Gasteiger partial charge >= 0.3 is 0 Å². The number of carbonyl (C=O) groups is 1. The van der Waals surface area contributed by atoms with Crippen LogP contribution in [0.15, 0.2) is 53.0 Å². The van der Waals surface area contributed by atoms with Gasteiger partial charge < -0.3 is 9.64 Å². The fourth-order valence-electron chi connectivity index (χ4n) is 3.64. The average Bonchev–Trinajstić information content (AvgIpc) is 3.22. The van der Waals surface area contributed by atoms with Gasteiger partial charge in [-0.05, 0) is 55.8 Å². The van der Waals surface area contributed by atoms with Crippen LogP contribution in [0.1, 0.15) is 41.5 Å². The number of fused-ring (bicyclic) bond motifs is 1. The summed E-state index contributed by atoms with van der Waals surface area (Å²) >= 11 is 3.49. The Morgan fingerprint density at radius 2 is 1.78 bits per heavy atom. The summed E-state index contributed by atoms with van der Waals surface area (Å²) in [5, 5.41) is 7.46. The number of nitrogens with zero attached hydrogens (tertiary/aromatic N) is 2. The number of H-pyrrole nitrogens is 1. The Hall–Kier alpha value is -2.60. The Kier molecular flexibility index (Phi) is 4.52. The first kappa shape index (κ1) is 17.8. The van der Waals surface area contributed by atoms with Gasteiger partial charge in [-0.25, -0.2) is 0 Å². The molecular weight excluding hydrogens is 406 g/mol. The molecule has 138 valence electrons. The molecule has 0 radical (unpaired) electrons. The van der Waals surface area contributed by atoms with E-state index >= 15 is 0 Å². The number of methoxy groups -OCH3 is 1. The van der Waals surface area contributed by atoms with E-state index in [9.17, 15) is 4.79 Å². The molecule has 1 aliphatic rings. The molecule has 0 spiro atoms. The van der Waals surface area contributed by atoms with E-state index in [1.54, 1.807) is 7.11 Å². The maximum Gasteiger partial charge on any atom is 0.273 e. The van der Waals surface area contributed by atoms with Crippen LogP contribution in [0.5, 0.6) is 5.75 Å². The summed E-state index contributed by atoms with van der Waals surface area (Å²) in [6, 6.07) is 15.8. The molecule has 1 aromatic heterocycles. The second-order valence-corrected chi connectivity index (χ2v) is 7.77. The molecule has 0 fully saturated rings. The minimum absolute atomic E-state index is 0.0137. The first-order valence-electron chi connectivity index (χ1n) is 8.82. The highest BCUT2D eigenvalue weighted by Crippen LogP contribution is 2.44. The Balaban J connectivity index is 1.87. The topological polar surface area (TPSA) is 58.2 Å². The second-order valence-electron chi connectivity index (χ2n) is 6.85. The molecule has 0 bridgehead atoms. The molecule has 6 heteroatoms. The van der Waals surface area contributed by atoms with Crippen molar-refractivity contribution < 1.29 is 9.53 Å². The van der Waals surface area contributed by atoms with Crippen LogP contribution in [-0.4, -0.2) is 34.2 Å². The molecular formula is C21H20BrN3O2. The van der Waals surface area contributed by atoms with Crippen LogP contribution in [0.25, 0.3) is 11.3 Å². The Bertz CT molecular complexity index is 978. The monoisotopic (exact) mass is 425 g/mol. The molecule has 3 aromatic rings. The summed E-state index contributed by atoms with van der Waals surface area (Å²) in [4.78, 5) is 15.0. The lowest BCUT2D eigenvalue weighted by Crippen LogP contribution is -2.35. The summed E-state index contributed by atoms with van der Waals surface area (Å²) in [6.45, 7) is 4.08. The van der Waals surface area contributed by atoms with Crippen LogP contribution in [-0.2, 0) is 0 Å². The zero-order valence-electron chi connectivity index (χ0n) is 15.4. The van der Waals surface area contributed by atoms with Gasteiger partial charge in [0.15, 0.2) is 0 Å². The van der Waals surface area contributed by atoms with Crippen molar-refractivity contribution in [2.75, 3.05) is 7.11 Å². The van der Waals surface area contributed by atoms with Crippen molar-refractivity contribution in [2.45, 2.75) is 25.9 Å². The van der Waals surface area contributed by atoms with Gasteiger partial charge in [0, 0.05) is 21.6 Å². The number of amides is 1. The predicted molar refractivity (Wildman–Crippen MR) is 108 cm³/mol. The third-order valence-electron chi connectivity index (χ3n) is 4.91. The van der Waals surface area contributed by atoms with E-state index < -0.39 is 0 Å². The van der Waals surface area contributed by atoms with Crippen molar-refractivity contribution in [3.8, 4) is 17.0 Å². The average molecular weight is 426 g/mol. The standard InChI is InChI=1S/C21H20BrN3O2/c1-12(2)25-20(14-4-8-15(22)9-5-14)17-18(23-24-19(17)21(25)26)13-6-10-16(27-3)11-7-13/h4-12,20H,1-3H3,(H,23,24). The first-order valence-corrected chi connectivity index (χ1v) is 9.61. The molecule has 0 saturated heterocycles. The number of hydrogen-bond donors (Lipinski definition) is 1. The highest BCUT2D eigenvalue weighted by molar-refractivity contribution is 9.10. The zero-order valence-corrected chi connectivity index (χ0v) is 16.9. The maximum absolute atomic E-state index is 13.1. The number of rotatable bonds is 4. The van der Waals surface area contributed by atoms with Gasteiger partial charge in [0.1, 0.15) is 11.4 Å². The van der Waals surface area contributed by atoms with Crippen molar-refractivity contribution in [2.24, 2.45) is 0 Å². The molecule has 1 aliphatic heterocycles. The summed E-state index contributed by atoms with van der Waals surface area (Å²) in [7, 11) is 1.64. The van der Waals surface area contributed by atoms with Gasteiger partial charge in [-0.3, -0.25) is 9.89 Å². The summed E-state index contributed by atoms with van der Waals surface area (Å²) in [5.41, 5.74) is 4.32. The van der Waals surface area contributed by atoms with Gasteiger partial charge in [0.2, 0.25) is 0 Å². The third-order valence-corrected chi connectivity index (χ3v) is 5.44. The number of ether oxygens (including phenoxy) is 1. The summed E-state index contributed by atoms with van der Waals surface area (Å²) in [6.07, 6.45) is 0. The fraction of sp³-hybridized carbons (Fsp3) is 0.238. The molecule has 5 nitrogen and oxygen atoms in total. The molecule has 1 N–H and O–H groups in total. The lowest BCUT2D eigenvalue weighted by Gasteiger charge is -2.30. The van der Waals surface area contributed by atoms with Crippen molar-refractivity contribution >= 4 is 21.8 Å².